The van der Waals surface area contributed by atoms with Crippen LogP contribution in [-0.2, 0) is 16.1 Å². The van der Waals surface area contributed by atoms with Gasteiger partial charge in [0.1, 0.15) is 6.04 Å². The molecule has 23 heavy (non-hydrogen) atoms. The van der Waals surface area contributed by atoms with Crippen molar-refractivity contribution in [3.63, 3.8) is 0 Å². The summed E-state index contributed by atoms with van der Waals surface area (Å²) in [6.07, 6.45) is 0. The quantitative estimate of drug-likeness (QED) is 0.892. The van der Waals surface area contributed by atoms with Crippen LogP contribution >= 0.6 is 0 Å². The van der Waals surface area contributed by atoms with Crippen molar-refractivity contribution in [1.29, 1.82) is 0 Å². The van der Waals surface area contributed by atoms with Crippen molar-refractivity contribution in [2.24, 2.45) is 0 Å². The van der Waals surface area contributed by atoms with Gasteiger partial charge in [0.15, 0.2) is 0 Å². The molecule has 0 aromatic heterocycles. The van der Waals surface area contributed by atoms with Crippen molar-refractivity contribution in [2.75, 3.05) is 0 Å². The summed E-state index contributed by atoms with van der Waals surface area (Å²) in [6.45, 7) is 5.56. The van der Waals surface area contributed by atoms with Gasteiger partial charge in [-0.3, -0.25) is 9.59 Å². The van der Waals surface area contributed by atoms with E-state index in [1.54, 1.807) is 6.92 Å². The molecule has 0 spiro atoms. The van der Waals surface area contributed by atoms with Crippen molar-refractivity contribution in [3.05, 3.63) is 59.7 Å². The van der Waals surface area contributed by atoms with Crippen LogP contribution in [-0.4, -0.2) is 17.9 Å². The normalized spacial score (nSPS) is 11.6. The zero-order valence-electron chi connectivity index (χ0n) is 13.7. The van der Waals surface area contributed by atoms with E-state index in [9.17, 15) is 9.59 Å². The number of aryl methyl sites for hydroxylation is 1. The lowest BCUT2D eigenvalue weighted by Crippen LogP contribution is -2.43. The van der Waals surface area contributed by atoms with E-state index in [-0.39, 0.29) is 11.8 Å². The van der Waals surface area contributed by atoms with Gasteiger partial charge in [-0.1, -0.05) is 48.0 Å². The zero-order valence-corrected chi connectivity index (χ0v) is 13.7. The average Bonchev–Trinajstić information content (AvgIpc) is 2.52. The molecular weight excluding hydrogens is 288 g/mol. The van der Waals surface area contributed by atoms with Crippen LogP contribution in [0.15, 0.2) is 48.5 Å². The Bertz CT molecular complexity index is 710. The highest BCUT2D eigenvalue weighted by Gasteiger charge is 2.12. The standard InChI is InChI=1S/C19H22N2O2/c1-13-6-4-8-17(10-13)18-9-5-7-16(11-18)12-20-19(23)14(2)21-15(3)22/h4-11,14H,12H2,1-3H3,(H,20,23)(H,21,22)/t14-/m0/s1. The fraction of sp³-hybridized carbons (Fsp3) is 0.263. The monoisotopic (exact) mass is 310 g/mol. The molecule has 0 aliphatic heterocycles. The number of rotatable bonds is 5. The SMILES string of the molecule is CC(=O)N[C@@H](C)C(=O)NCc1cccc(-c2cccc(C)c2)c1. The predicted molar refractivity (Wildman–Crippen MR) is 91.7 cm³/mol. The molecule has 2 aromatic carbocycles. The molecule has 0 aliphatic carbocycles. The Morgan fingerprint density at radius 2 is 1.70 bits per heavy atom. The third kappa shape index (κ3) is 4.95. The van der Waals surface area contributed by atoms with E-state index in [4.69, 9.17) is 0 Å². The molecule has 0 saturated heterocycles. The first-order valence-electron chi connectivity index (χ1n) is 7.66. The number of benzene rings is 2. The molecule has 0 saturated carbocycles. The van der Waals surface area contributed by atoms with E-state index in [2.05, 4.69) is 47.9 Å². The van der Waals surface area contributed by atoms with Gasteiger partial charge in [-0.25, -0.2) is 0 Å². The maximum absolute atomic E-state index is 11.9. The molecule has 0 heterocycles. The van der Waals surface area contributed by atoms with E-state index < -0.39 is 6.04 Å². The molecule has 0 fully saturated rings. The summed E-state index contributed by atoms with van der Waals surface area (Å²) < 4.78 is 0. The minimum atomic E-state index is -0.535. The Kier molecular flexibility index (Phi) is 5.52. The molecule has 2 N–H and O–H groups in total. The van der Waals surface area contributed by atoms with E-state index in [1.807, 2.05) is 18.2 Å². The third-order valence-electron chi connectivity index (χ3n) is 3.56. The topological polar surface area (TPSA) is 58.2 Å². The van der Waals surface area contributed by atoms with Gasteiger partial charge in [0.25, 0.3) is 0 Å². The second-order valence-electron chi connectivity index (χ2n) is 5.71. The molecule has 0 aliphatic rings. The van der Waals surface area contributed by atoms with Gasteiger partial charge < -0.3 is 10.6 Å². The molecule has 120 valence electrons. The number of carbonyl (C=O) groups excluding carboxylic acids is 2. The predicted octanol–water partition coefficient (Wildman–Crippen LogP) is 2.80. The van der Waals surface area contributed by atoms with Crippen LogP contribution in [0.25, 0.3) is 11.1 Å². The summed E-state index contributed by atoms with van der Waals surface area (Å²) in [5.41, 5.74) is 4.51. The van der Waals surface area contributed by atoms with Crippen molar-refractivity contribution in [3.8, 4) is 11.1 Å². The van der Waals surface area contributed by atoms with Crippen molar-refractivity contribution < 1.29 is 9.59 Å². The summed E-state index contributed by atoms with van der Waals surface area (Å²) in [5.74, 6) is -0.407. The fourth-order valence-electron chi connectivity index (χ4n) is 2.40. The molecule has 1 atom stereocenters. The summed E-state index contributed by atoms with van der Waals surface area (Å²) >= 11 is 0. The van der Waals surface area contributed by atoms with Gasteiger partial charge in [0.2, 0.25) is 11.8 Å². The van der Waals surface area contributed by atoms with E-state index >= 15 is 0 Å². The highest BCUT2D eigenvalue weighted by Crippen LogP contribution is 2.21. The van der Waals surface area contributed by atoms with Crippen LogP contribution < -0.4 is 10.6 Å². The summed E-state index contributed by atoms with van der Waals surface area (Å²) in [5, 5.41) is 5.41. The molecule has 0 bridgehead atoms. The Balaban J connectivity index is 2.03. The van der Waals surface area contributed by atoms with Gasteiger partial charge in [0.05, 0.1) is 0 Å². The van der Waals surface area contributed by atoms with E-state index in [0.717, 1.165) is 16.7 Å². The Morgan fingerprint density at radius 1 is 1.04 bits per heavy atom. The molecule has 4 nitrogen and oxygen atoms in total. The summed E-state index contributed by atoms with van der Waals surface area (Å²) in [7, 11) is 0. The maximum Gasteiger partial charge on any atom is 0.242 e. The van der Waals surface area contributed by atoms with Crippen LogP contribution in [0, 0.1) is 6.92 Å². The number of amides is 2. The van der Waals surface area contributed by atoms with Crippen LogP contribution in [0.4, 0.5) is 0 Å². The van der Waals surface area contributed by atoms with E-state index in [0.29, 0.717) is 6.54 Å². The van der Waals surface area contributed by atoms with E-state index in [1.165, 1.54) is 12.5 Å². The van der Waals surface area contributed by atoms with Crippen molar-refractivity contribution >= 4 is 11.8 Å². The van der Waals surface area contributed by atoms with Gasteiger partial charge >= 0.3 is 0 Å². The van der Waals surface area contributed by atoms with Crippen molar-refractivity contribution in [2.45, 2.75) is 33.4 Å². The fourth-order valence-corrected chi connectivity index (χ4v) is 2.40. The summed E-state index contributed by atoms with van der Waals surface area (Å²) in [4.78, 5) is 22.9. The molecule has 2 aromatic rings. The molecule has 0 radical (unpaired) electrons. The first-order chi connectivity index (χ1) is 11.0. The lowest BCUT2D eigenvalue weighted by molar-refractivity contribution is -0.127. The lowest BCUT2D eigenvalue weighted by atomic mass is 10.0. The minimum absolute atomic E-state index is 0.193. The van der Waals surface area contributed by atoms with Crippen LogP contribution in [0.2, 0.25) is 0 Å². The molecular formula is C19H22N2O2. The van der Waals surface area contributed by atoms with Gasteiger partial charge in [-0.2, -0.15) is 0 Å². The highest BCUT2D eigenvalue weighted by molar-refractivity contribution is 5.86. The smallest absolute Gasteiger partial charge is 0.242 e. The third-order valence-corrected chi connectivity index (χ3v) is 3.56. The molecule has 2 rings (SSSR count). The first-order valence-corrected chi connectivity index (χ1v) is 7.66. The van der Waals surface area contributed by atoms with Gasteiger partial charge in [-0.15, -0.1) is 0 Å². The lowest BCUT2D eigenvalue weighted by Gasteiger charge is -2.13. The largest absolute Gasteiger partial charge is 0.350 e. The van der Waals surface area contributed by atoms with Crippen LogP contribution in [0.3, 0.4) is 0 Å². The first kappa shape index (κ1) is 16.7. The van der Waals surface area contributed by atoms with Gasteiger partial charge in [0, 0.05) is 13.5 Å². The average molecular weight is 310 g/mol. The Hall–Kier alpha value is -2.62. The van der Waals surface area contributed by atoms with Crippen LogP contribution in [0.5, 0.6) is 0 Å². The molecule has 2 amide bonds. The number of hydrogen-bond acceptors (Lipinski definition) is 2. The van der Waals surface area contributed by atoms with Gasteiger partial charge in [-0.05, 0) is 36.6 Å². The number of carbonyl (C=O) groups is 2. The minimum Gasteiger partial charge on any atom is -0.350 e. The zero-order chi connectivity index (χ0) is 16.8. The second-order valence-corrected chi connectivity index (χ2v) is 5.71. The molecule has 0 unspecified atom stereocenters. The Morgan fingerprint density at radius 3 is 2.35 bits per heavy atom. The highest BCUT2D eigenvalue weighted by atomic mass is 16.2. The summed E-state index contributed by atoms with van der Waals surface area (Å²) in [6, 6.07) is 15.9. The number of nitrogens with one attached hydrogen (secondary N) is 2. The Labute approximate surface area is 136 Å². The number of hydrogen-bond donors (Lipinski definition) is 2. The van der Waals surface area contributed by atoms with Crippen LogP contribution in [0.1, 0.15) is 25.0 Å². The van der Waals surface area contributed by atoms with Crippen molar-refractivity contribution in [1.82, 2.24) is 10.6 Å². The second kappa shape index (κ2) is 7.58. The maximum atomic E-state index is 11.9. The molecule has 4 heteroatoms.